The van der Waals surface area contributed by atoms with E-state index < -0.39 is 0 Å². The highest BCUT2D eigenvalue weighted by Crippen LogP contribution is 2.34. The number of nitrogens with one attached hydrogen (secondary N) is 2. The molecule has 1 aromatic carbocycles. The number of aromatic nitrogens is 1. The van der Waals surface area contributed by atoms with Gasteiger partial charge in [0.15, 0.2) is 0 Å². The number of carbonyl (C=O) groups is 3. The van der Waals surface area contributed by atoms with Crippen molar-refractivity contribution in [1.82, 2.24) is 20.1 Å². The highest BCUT2D eigenvalue weighted by Gasteiger charge is 2.31. The third-order valence-corrected chi connectivity index (χ3v) is 6.89. The van der Waals surface area contributed by atoms with E-state index in [0.717, 1.165) is 44.6 Å². The Bertz CT molecular complexity index is 1070. The van der Waals surface area contributed by atoms with Gasteiger partial charge in [-0.2, -0.15) is 0 Å². The molecule has 35 heavy (non-hydrogen) atoms. The molecular formula is C26H32N6O3. The molecule has 9 heteroatoms. The van der Waals surface area contributed by atoms with Gasteiger partial charge >= 0.3 is 0 Å². The van der Waals surface area contributed by atoms with E-state index in [1.165, 1.54) is 0 Å². The fourth-order valence-corrected chi connectivity index (χ4v) is 4.68. The SMILES string of the molecule is O=C(Nc1cc(C(=O)N2CCCNCC2)ccc1N1CCN(C(=O)c2cccnc2)CC1)C1CC1. The zero-order valence-corrected chi connectivity index (χ0v) is 19.9. The van der Waals surface area contributed by atoms with Gasteiger partial charge in [0.2, 0.25) is 5.91 Å². The molecule has 0 spiro atoms. The zero-order chi connectivity index (χ0) is 24.2. The monoisotopic (exact) mass is 476 g/mol. The Morgan fingerprint density at radius 2 is 1.66 bits per heavy atom. The summed E-state index contributed by atoms with van der Waals surface area (Å²) >= 11 is 0. The maximum atomic E-state index is 13.2. The van der Waals surface area contributed by atoms with Crippen molar-refractivity contribution in [1.29, 1.82) is 0 Å². The van der Waals surface area contributed by atoms with Crippen LogP contribution in [-0.2, 0) is 4.79 Å². The predicted molar refractivity (Wildman–Crippen MR) is 134 cm³/mol. The molecule has 0 bridgehead atoms. The van der Waals surface area contributed by atoms with Crippen molar-refractivity contribution in [3.8, 4) is 0 Å². The molecule has 3 amide bonds. The summed E-state index contributed by atoms with van der Waals surface area (Å²) in [7, 11) is 0. The molecule has 2 aliphatic heterocycles. The number of rotatable bonds is 5. The molecule has 3 heterocycles. The number of benzene rings is 1. The minimum Gasteiger partial charge on any atom is -0.366 e. The maximum absolute atomic E-state index is 13.2. The average molecular weight is 477 g/mol. The van der Waals surface area contributed by atoms with E-state index in [1.54, 1.807) is 24.5 Å². The second kappa shape index (κ2) is 10.4. The molecule has 0 atom stereocenters. The number of carbonyl (C=O) groups excluding carboxylic acids is 3. The summed E-state index contributed by atoms with van der Waals surface area (Å²) in [6.45, 7) is 5.54. The third-order valence-electron chi connectivity index (χ3n) is 6.89. The van der Waals surface area contributed by atoms with E-state index in [2.05, 4.69) is 20.5 Å². The Hall–Kier alpha value is -3.46. The highest BCUT2D eigenvalue weighted by atomic mass is 16.2. The Labute approximate surface area is 205 Å². The van der Waals surface area contributed by atoms with Crippen LogP contribution in [0.3, 0.4) is 0 Å². The minimum atomic E-state index is -0.0205. The molecule has 3 aliphatic rings. The first-order valence-corrected chi connectivity index (χ1v) is 12.5. The molecule has 2 aromatic rings. The first-order chi connectivity index (χ1) is 17.1. The molecule has 2 N–H and O–H groups in total. The van der Waals surface area contributed by atoms with Crippen molar-refractivity contribution in [2.24, 2.45) is 5.92 Å². The van der Waals surface area contributed by atoms with Crippen molar-refractivity contribution in [2.75, 3.05) is 62.6 Å². The van der Waals surface area contributed by atoms with Gasteiger partial charge in [0, 0.05) is 69.7 Å². The van der Waals surface area contributed by atoms with Crippen LogP contribution in [0.25, 0.3) is 0 Å². The van der Waals surface area contributed by atoms with E-state index in [-0.39, 0.29) is 23.6 Å². The van der Waals surface area contributed by atoms with Gasteiger partial charge in [0.25, 0.3) is 11.8 Å². The van der Waals surface area contributed by atoms with Crippen molar-refractivity contribution in [2.45, 2.75) is 19.3 Å². The topological polar surface area (TPSA) is 97.9 Å². The van der Waals surface area contributed by atoms with E-state index in [1.807, 2.05) is 28.0 Å². The average Bonchev–Trinajstić information content (AvgIpc) is 3.76. The van der Waals surface area contributed by atoms with Crippen molar-refractivity contribution >= 4 is 29.1 Å². The first kappa shape index (κ1) is 23.3. The maximum Gasteiger partial charge on any atom is 0.255 e. The number of piperazine rings is 1. The van der Waals surface area contributed by atoms with Crippen molar-refractivity contribution < 1.29 is 14.4 Å². The van der Waals surface area contributed by atoms with E-state index >= 15 is 0 Å². The van der Waals surface area contributed by atoms with E-state index in [4.69, 9.17) is 0 Å². The number of anilines is 2. The number of nitrogens with zero attached hydrogens (tertiary/aromatic N) is 4. The van der Waals surface area contributed by atoms with Gasteiger partial charge in [-0.05, 0) is 56.1 Å². The van der Waals surface area contributed by atoms with E-state index in [0.29, 0.717) is 49.5 Å². The fourth-order valence-electron chi connectivity index (χ4n) is 4.68. The van der Waals surface area contributed by atoms with Crippen LogP contribution >= 0.6 is 0 Å². The lowest BCUT2D eigenvalue weighted by molar-refractivity contribution is -0.117. The molecule has 1 aliphatic carbocycles. The molecule has 0 radical (unpaired) electrons. The normalized spacial score (nSPS) is 18.7. The van der Waals surface area contributed by atoms with Crippen LogP contribution in [0.5, 0.6) is 0 Å². The Morgan fingerprint density at radius 3 is 2.40 bits per heavy atom. The summed E-state index contributed by atoms with van der Waals surface area (Å²) in [5.41, 5.74) is 2.74. The van der Waals surface area contributed by atoms with Gasteiger partial charge in [0.1, 0.15) is 0 Å². The minimum absolute atomic E-state index is 0.00550. The van der Waals surface area contributed by atoms with Crippen molar-refractivity contribution in [3.05, 3.63) is 53.9 Å². The summed E-state index contributed by atoms with van der Waals surface area (Å²) in [5.74, 6) is 0.0509. The van der Waals surface area contributed by atoms with Gasteiger partial charge < -0.3 is 25.3 Å². The Kier molecular flexibility index (Phi) is 6.94. The van der Waals surface area contributed by atoms with Gasteiger partial charge in [-0.3, -0.25) is 19.4 Å². The molecule has 3 fully saturated rings. The van der Waals surface area contributed by atoms with Crippen molar-refractivity contribution in [3.63, 3.8) is 0 Å². The molecule has 5 rings (SSSR count). The van der Waals surface area contributed by atoms with E-state index in [9.17, 15) is 14.4 Å². The van der Waals surface area contributed by atoms with Gasteiger partial charge in [-0.25, -0.2) is 0 Å². The summed E-state index contributed by atoms with van der Waals surface area (Å²) in [6.07, 6.45) is 6.00. The Balaban J connectivity index is 1.32. The lowest BCUT2D eigenvalue weighted by Crippen LogP contribution is -2.49. The summed E-state index contributed by atoms with van der Waals surface area (Å²) < 4.78 is 0. The molecule has 0 unspecified atom stereocenters. The Morgan fingerprint density at radius 1 is 0.886 bits per heavy atom. The summed E-state index contributed by atoms with van der Waals surface area (Å²) in [6, 6.07) is 9.16. The zero-order valence-electron chi connectivity index (χ0n) is 19.9. The predicted octanol–water partition coefficient (Wildman–Crippen LogP) is 1.83. The smallest absolute Gasteiger partial charge is 0.255 e. The highest BCUT2D eigenvalue weighted by molar-refractivity contribution is 6.01. The molecule has 1 aromatic heterocycles. The van der Waals surface area contributed by atoms with Crippen LogP contribution in [0, 0.1) is 5.92 Å². The van der Waals surface area contributed by atoms with Gasteiger partial charge in [0.05, 0.1) is 16.9 Å². The standard InChI is InChI=1S/C26H32N6O3/c33-24(19-4-5-19)29-22-17-20(25(34)31-11-2-9-27-10-12-31)6-7-23(22)30-13-15-32(16-14-30)26(35)21-3-1-8-28-18-21/h1,3,6-8,17-19,27H,2,4-5,9-16H2,(H,29,33). The summed E-state index contributed by atoms with van der Waals surface area (Å²) in [5, 5.41) is 6.41. The fraction of sp³-hybridized carbons (Fsp3) is 0.462. The molecule has 1 saturated carbocycles. The lowest BCUT2D eigenvalue weighted by Gasteiger charge is -2.37. The van der Waals surface area contributed by atoms with Gasteiger partial charge in [-0.15, -0.1) is 0 Å². The number of hydrogen-bond acceptors (Lipinski definition) is 6. The second-order valence-corrected chi connectivity index (χ2v) is 9.41. The van der Waals surface area contributed by atoms with Crippen LogP contribution in [0.15, 0.2) is 42.7 Å². The summed E-state index contributed by atoms with van der Waals surface area (Å²) in [4.78, 5) is 48.6. The van der Waals surface area contributed by atoms with Gasteiger partial charge in [-0.1, -0.05) is 0 Å². The molecule has 184 valence electrons. The molecule has 9 nitrogen and oxygen atoms in total. The third kappa shape index (κ3) is 5.45. The van der Waals surface area contributed by atoms with Crippen LogP contribution < -0.4 is 15.5 Å². The first-order valence-electron chi connectivity index (χ1n) is 12.5. The molecule has 2 saturated heterocycles. The van der Waals surface area contributed by atoms with Crippen LogP contribution in [-0.4, -0.2) is 84.9 Å². The largest absolute Gasteiger partial charge is 0.366 e. The van der Waals surface area contributed by atoms with Crippen LogP contribution in [0.1, 0.15) is 40.0 Å². The quantitative estimate of drug-likeness (QED) is 0.683. The molecular weight excluding hydrogens is 444 g/mol. The number of hydrogen-bond donors (Lipinski definition) is 2. The second-order valence-electron chi connectivity index (χ2n) is 9.41. The number of pyridine rings is 1. The van der Waals surface area contributed by atoms with Crippen LogP contribution in [0.2, 0.25) is 0 Å². The van der Waals surface area contributed by atoms with Crippen LogP contribution in [0.4, 0.5) is 11.4 Å². The number of amides is 3. The lowest BCUT2D eigenvalue weighted by atomic mass is 10.1.